The van der Waals surface area contributed by atoms with Crippen LogP contribution in [0.25, 0.3) is 0 Å². The number of amides is 1. The minimum Gasteiger partial charge on any atom is -0.444 e. The number of fused-ring (bicyclic) bond motifs is 1. The highest BCUT2D eigenvalue weighted by molar-refractivity contribution is 9.11. The van der Waals surface area contributed by atoms with Gasteiger partial charge in [0.05, 0.1) is 22.0 Å². The van der Waals surface area contributed by atoms with Crippen molar-refractivity contribution in [2.45, 2.75) is 38.9 Å². The summed E-state index contributed by atoms with van der Waals surface area (Å²) in [4.78, 5) is 14.7. The fourth-order valence-electron chi connectivity index (χ4n) is 2.10. The number of carbonyl (C=O) groups excluding carboxylic acids is 1. The summed E-state index contributed by atoms with van der Waals surface area (Å²) in [7, 11) is 1.72. The van der Waals surface area contributed by atoms with Crippen LogP contribution in [0.4, 0.5) is 4.79 Å². The quantitative estimate of drug-likeness (QED) is 0.730. The number of thiophene rings is 1. The van der Waals surface area contributed by atoms with Gasteiger partial charge in [0, 0.05) is 11.9 Å². The summed E-state index contributed by atoms with van der Waals surface area (Å²) in [6.07, 6.45) is 0.308. The zero-order valence-electron chi connectivity index (χ0n) is 12.5. The van der Waals surface area contributed by atoms with Crippen LogP contribution in [0.3, 0.4) is 0 Å². The van der Waals surface area contributed by atoms with Crippen LogP contribution in [-0.2, 0) is 15.9 Å². The fourth-order valence-corrected chi connectivity index (χ4v) is 4.24. The van der Waals surface area contributed by atoms with Gasteiger partial charge in [-0.05, 0) is 48.7 Å². The molecule has 4 nitrogen and oxygen atoms in total. The molecule has 0 aromatic carbocycles. The van der Waals surface area contributed by atoms with Crippen molar-refractivity contribution >= 4 is 45.0 Å². The summed E-state index contributed by atoms with van der Waals surface area (Å²) >= 11 is 11.3. The Balaban J connectivity index is 2.08. The Labute approximate surface area is 142 Å². The minimum absolute atomic E-state index is 0.153. The lowest BCUT2D eigenvalue weighted by Crippen LogP contribution is -2.37. The molecule has 0 aliphatic carbocycles. The number of carbonyl (C=O) groups is 1. The van der Waals surface area contributed by atoms with Crippen LogP contribution in [-0.4, -0.2) is 36.8 Å². The zero-order valence-corrected chi connectivity index (χ0v) is 15.7. The van der Waals surface area contributed by atoms with E-state index in [0.29, 0.717) is 13.2 Å². The standard InChI is InChI=1S/C14H19BrClNO3S/c1-14(2,3)20-13(18)17(4)7-9-11-8(5-6-19-9)10(16)12(15)21-11/h9H,5-7H2,1-4H3/t9-/m1/s1. The highest BCUT2D eigenvalue weighted by Gasteiger charge is 2.30. The van der Waals surface area contributed by atoms with Gasteiger partial charge < -0.3 is 14.4 Å². The highest BCUT2D eigenvalue weighted by Crippen LogP contribution is 2.43. The van der Waals surface area contributed by atoms with Crippen LogP contribution in [0.1, 0.15) is 37.3 Å². The maximum absolute atomic E-state index is 12.0. The normalized spacial score (nSPS) is 18.3. The molecule has 0 bridgehead atoms. The van der Waals surface area contributed by atoms with Gasteiger partial charge in [-0.3, -0.25) is 0 Å². The second-order valence-corrected chi connectivity index (χ2v) is 8.75. The predicted octanol–water partition coefficient (Wildman–Crippen LogP) is 4.64. The maximum Gasteiger partial charge on any atom is 0.410 e. The molecule has 0 fully saturated rings. The molecule has 0 saturated carbocycles. The molecule has 0 saturated heterocycles. The van der Waals surface area contributed by atoms with Crippen molar-refractivity contribution in [3.8, 4) is 0 Å². The van der Waals surface area contributed by atoms with E-state index in [1.807, 2.05) is 20.8 Å². The van der Waals surface area contributed by atoms with E-state index in [0.717, 1.165) is 25.7 Å². The summed E-state index contributed by atoms with van der Waals surface area (Å²) in [6.45, 7) is 6.62. The van der Waals surface area contributed by atoms with Crippen molar-refractivity contribution in [3.63, 3.8) is 0 Å². The Morgan fingerprint density at radius 1 is 1.57 bits per heavy atom. The van der Waals surface area contributed by atoms with E-state index in [2.05, 4.69) is 15.9 Å². The predicted molar refractivity (Wildman–Crippen MR) is 88.3 cm³/mol. The molecule has 7 heteroatoms. The number of nitrogens with zero attached hydrogens (tertiary/aromatic N) is 1. The van der Waals surface area contributed by atoms with Gasteiger partial charge in [0.15, 0.2) is 0 Å². The maximum atomic E-state index is 12.0. The molecule has 1 amide bonds. The molecule has 1 aliphatic heterocycles. The van der Waals surface area contributed by atoms with Gasteiger partial charge in [-0.15, -0.1) is 11.3 Å². The highest BCUT2D eigenvalue weighted by atomic mass is 79.9. The van der Waals surface area contributed by atoms with Gasteiger partial charge >= 0.3 is 6.09 Å². The second kappa shape index (κ2) is 6.44. The van der Waals surface area contributed by atoms with Crippen LogP contribution in [0, 0.1) is 0 Å². The Morgan fingerprint density at radius 2 is 2.24 bits per heavy atom. The SMILES string of the molecule is CN(C[C@H]1OCCc2c1sc(Br)c2Cl)C(=O)OC(C)(C)C. The van der Waals surface area contributed by atoms with E-state index >= 15 is 0 Å². The lowest BCUT2D eigenvalue weighted by molar-refractivity contribution is -0.000219. The average Bonchev–Trinajstić information content (AvgIpc) is 2.65. The molecule has 1 aromatic heterocycles. The van der Waals surface area contributed by atoms with E-state index < -0.39 is 5.60 Å². The zero-order chi connectivity index (χ0) is 15.8. The van der Waals surface area contributed by atoms with Crippen molar-refractivity contribution < 1.29 is 14.3 Å². The van der Waals surface area contributed by atoms with Crippen LogP contribution in [0.15, 0.2) is 3.79 Å². The lowest BCUT2D eigenvalue weighted by atomic mass is 10.1. The number of rotatable bonds is 2. The fraction of sp³-hybridized carbons (Fsp3) is 0.643. The molecule has 0 unspecified atom stereocenters. The smallest absolute Gasteiger partial charge is 0.410 e. The summed E-state index contributed by atoms with van der Waals surface area (Å²) in [5.74, 6) is 0. The number of ether oxygens (including phenoxy) is 2. The number of halogens is 2. The summed E-state index contributed by atoms with van der Waals surface area (Å²) in [5, 5.41) is 0.767. The first-order valence-electron chi connectivity index (χ1n) is 6.71. The molecule has 21 heavy (non-hydrogen) atoms. The van der Waals surface area contributed by atoms with Crippen LogP contribution in [0.5, 0.6) is 0 Å². The molecular formula is C14H19BrClNO3S. The molecule has 2 rings (SSSR count). The van der Waals surface area contributed by atoms with Crippen molar-refractivity contribution in [1.29, 1.82) is 0 Å². The van der Waals surface area contributed by atoms with E-state index in [1.165, 1.54) is 0 Å². The van der Waals surface area contributed by atoms with Crippen molar-refractivity contribution in [2.24, 2.45) is 0 Å². The molecule has 0 radical (unpaired) electrons. The van der Waals surface area contributed by atoms with Gasteiger partial charge in [-0.25, -0.2) is 4.79 Å². The van der Waals surface area contributed by atoms with Crippen LogP contribution < -0.4 is 0 Å². The summed E-state index contributed by atoms with van der Waals surface area (Å²) < 4.78 is 12.1. The third-order valence-corrected chi connectivity index (χ3v) is 5.79. The van der Waals surface area contributed by atoms with Crippen LogP contribution in [0.2, 0.25) is 5.02 Å². The minimum atomic E-state index is -0.501. The Bertz CT molecular complexity index is 541. The summed E-state index contributed by atoms with van der Waals surface area (Å²) in [5.41, 5.74) is 0.626. The van der Waals surface area contributed by atoms with E-state index in [4.69, 9.17) is 21.1 Å². The Kier molecular flexibility index (Phi) is 5.23. The second-order valence-electron chi connectivity index (χ2n) is 6.00. The molecule has 2 heterocycles. The first kappa shape index (κ1) is 17.1. The van der Waals surface area contributed by atoms with Crippen molar-refractivity contribution in [3.05, 3.63) is 19.2 Å². The van der Waals surface area contributed by atoms with E-state index in [-0.39, 0.29) is 12.2 Å². The van der Waals surface area contributed by atoms with Crippen LogP contribution >= 0.6 is 38.9 Å². The monoisotopic (exact) mass is 395 g/mol. The first-order valence-corrected chi connectivity index (χ1v) is 8.70. The Morgan fingerprint density at radius 3 is 2.86 bits per heavy atom. The van der Waals surface area contributed by atoms with Gasteiger partial charge in [0.1, 0.15) is 11.7 Å². The topological polar surface area (TPSA) is 38.8 Å². The number of hydrogen-bond acceptors (Lipinski definition) is 4. The largest absolute Gasteiger partial charge is 0.444 e. The summed E-state index contributed by atoms with van der Waals surface area (Å²) in [6, 6.07) is 0. The number of hydrogen-bond donors (Lipinski definition) is 0. The molecule has 0 N–H and O–H groups in total. The van der Waals surface area contributed by atoms with Crippen molar-refractivity contribution in [2.75, 3.05) is 20.2 Å². The van der Waals surface area contributed by atoms with Gasteiger partial charge in [-0.2, -0.15) is 0 Å². The van der Waals surface area contributed by atoms with E-state index in [9.17, 15) is 4.79 Å². The third-order valence-electron chi connectivity index (χ3n) is 3.04. The molecule has 118 valence electrons. The molecular weight excluding hydrogens is 378 g/mol. The third kappa shape index (κ3) is 4.12. The average molecular weight is 397 g/mol. The Hall–Kier alpha value is -0.300. The molecule has 0 spiro atoms. The van der Waals surface area contributed by atoms with E-state index in [1.54, 1.807) is 23.3 Å². The molecule has 1 atom stereocenters. The number of likely N-dealkylation sites (N-methyl/N-ethyl adjacent to an activating group) is 1. The molecule has 1 aromatic rings. The van der Waals surface area contributed by atoms with Crippen molar-refractivity contribution in [1.82, 2.24) is 4.90 Å². The lowest BCUT2D eigenvalue weighted by Gasteiger charge is -2.29. The molecule has 1 aliphatic rings. The van der Waals surface area contributed by atoms with Gasteiger partial charge in [0.25, 0.3) is 0 Å². The van der Waals surface area contributed by atoms with Gasteiger partial charge in [0.2, 0.25) is 0 Å². The first-order chi connectivity index (χ1) is 9.69. The van der Waals surface area contributed by atoms with Gasteiger partial charge in [-0.1, -0.05) is 11.6 Å².